The van der Waals surface area contributed by atoms with Crippen molar-refractivity contribution in [2.24, 2.45) is 11.3 Å². The maximum Gasteiger partial charge on any atom is 0.326 e. The summed E-state index contributed by atoms with van der Waals surface area (Å²) < 4.78 is 0. The summed E-state index contributed by atoms with van der Waals surface area (Å²) in [4.78, 5) is 22.2. The van der Waals surface area contributed by atoms with Crippen LogP contribution in [0.5, 0.6) is 0 Å². The first-order chi connectivity index (χ1) is 7.03. The van der Waals surface area contributed by atoms with Crippen LogP contribution in [0.1, 0.15) is 39.0 Å². The first-order valence-electron chi connectivity index (χ1n) is 5.53. The fourth-order valence-electron chi connectivity index (χ4n) is 3.32. The fraction of sp³-hybridized carbons (Fsp3) is 0.818. The van der Waals surface area contributed by atoms with Crippen LogP contribution < -0.4 is 5.32 Å². The lowest BCUT2D eigenvalue weighted by Gasteiger charge is -2.33. The summed E-state index contributed by atoms with van der Waals surface area (Å²) in [7, 11) is 0. The van der Waals surface area contributed by atoms with Gasteiger partial charge in [-0.25, -0.2) is 4.79 Å². The van der Waals surface area contributed by atoms with Gasteiger partial charge < -0.3 is 10.4 Å². The van der Waals surface area contributed by atoms with E-state index in [9.17, 15) is 14.7 Å². The standard InChI is InChI=1S/C11H17NO3/c1-7(13)12-9(10(14)15)11-4-2-8(6-11)3-5-11/h8-9H,2-6H2,1H3,(H,12,13)(H,14,15). The van der Waals surface area contributed by atoms with E-state index in [0.717, 1.165) is 32.1 Å². The molecule has 2 N–H and O–H groups in total. The third-order valence-corrected chi connectivity index (χ3v) is 4.00. The minimum absolute atomic E-state index is 0.151. The van der Waals surface area contributed by atoms with Crippen LogP contribution in [-0.4, -0.2) is 23.0 Å². The molecule has 0 radical (unpaired) electrons. The van der Waals surface area contributed by atoms with Crippen LogP contribution in [0, 0.1) is 11.3 Å². The molecule has 4 nitrogen and oxygen atoms in total. The Morgan fingerprint density at radius 1 is 1.40 bits per heavy atom. The van der Waals surface area contributed by atoms with E-state index in [0.29, 0.717) is 5.92 Å². The number of aliphatic carboxylic acids is 1. The minimum atomic E-state index is -0.882. The molecule has 0 spiro atoms. The first-order valence-corrected chi connectivity index (χ1v) is 5.53. The number of carbonyl (C=O) groups excluding carboxylic acids is 1. The second kappa shape index (κ2) is 3.51. The van der Waals surface area contributed by atoms with Crippen molar-refractivity contribution in [3.05, 3.63) is 0 Å². The zero-order valence-electron chi connectivity index (χ0n) is 8.95. The third kappa shape index (κ3) is 1.73. The number of fused-ring (bicyclic) bond motifs is 2. The lowest BCUT2D eigenvalue weighted by Crippen LogP contribution is -2.50. The van der Waals surface area contributed by atoms with Gasteiger partial charge in [0, 0.05) is 12.3 Å². The maximum atomic E-state index is 11.2. The molecule has 0 aromatic rings. The Morgan fingerprint density at radius 3 is 2.33 bits per heavy atom. The molecule has 2 saturated carbocycles. The Bertz CT molecular complexity index is 292. The van der Waals surface area contributed by atoms with Crippen molar-refractivity contribution < 1.29 is 14.7 Å². The minimum Gasteiger partial charge on any atom is -0.480 e. The molecule has 0 aromatic heterocycles. The van der Waals surface area contributed by atoms with E-state index in [1.54, 1.807) is 0 Å². The Hall–Kier alpha value is -1.06. The van der Waals surface area contributed by atoms with E-state index in [2.05, 4.69) is 5.32 Å². The largest absolute Gasteiger partial charge is 0.480 e. The monoisotopic (exact) mass is 211 g/mol. The third-order valence-electron chi connectivity index (χ3n) is 4.00. The second-order valence-electron chi connectivity index (χ2n) is 4.98. The highest BCUT2D eigenvalue weighted by Gasteiger charge is 2.52. The summed E-state index contributed by atoms with van der Waals surface area (Å²) in [6, 6.07) is -0.678. The van der Waals surface area contributed by atoms with Crippen molar-refractivity contribution in [2.75, 3.05) is 0 Å². The number of rotatable bonds is 3. The molecule has 4 heteroatoms. The Labute approximate surface area is 89.0 Å². The predicted octanol–water partition coefficient (Wildman–Crippen LogP) is 1.16. The molecule has 1 unspecified atom stereocenters. The molecule has 0 heterocycles. The molecule has 0 aliphatic heterocycles. The van der Waals surface area contributed by atoms with Gasteiger partial charge in [-0.1, -0.05) is 0 Å². The number of hydrogen-bond donors (Lipinski definition) is 2. The molecule has 2 rings (SSSR count). The van der Waals surface area contributed by atoms with Crippen LogP contribution in [0.2, 0.25) is 0 Å². The van der Waals surface area contributed by atoms with E-state index in [4.69, 9.17) is 0 Å². The number of nitrogens with one attached hydrogen (secondary N) is 1. The number of carbonyl (C=O) groups is 2. The van der Waals surface area contributed by atoms with Crippen LogP contribution in [0.4, 0.5) is 0 Å². The molecule has 2 fully saturated rings. The van der Waals surface area contributed by atoms with Gasteiger partial charge >= 0.3 is 5.97 Å². The van der Waals surface area contributed by atoms with Crippen LogP contribution in [0.25, 0.3) is 0 Å². The summed E-state index contributed by atoms with van der Waals surface area (Å²) in [5, 5.41) is 11.8. The van der Waals surface area contributed by atoms with E-state index >= 15 is 0 Å². The van der Waals surface area contributed by atoms with E-state index in [-0.39, 0.29) is 11.3 Å². The first kappa shape index (κ1) is 10.5. The Kier molecular flexibility index (Phi) is 2.44. The van der Waals surface area contributed by atoms with Gasteiger partial charge in [0.25, 0.3) is 0 Å². The normalized spacial score (nSPS) is 35.1. The maximum absolute atomic E-state index is 11.2. The highest BCUT2D eigenvalue weighted by atomic mass is 16.4. The van der Waals surface area contributed by atoms with Crippen LogP contribution in [-0.2, 0) is 9.59 Å². The Morgan fingerprint density at radius 2 is 2.00 bits per heavy atom. The molecule has 1 amide bonds. The average Bonchev–Trinajstić information content (AvgIpc) is 2.73. The number of carboxylic acid groups (broad SMARTS) is 1. The van der Waals surface area contributed by atoms with Gasteiger partial charge in [0.15, 0.2) is 0 Å². The zero-order valence-corrected chi connectivity index (χ0v) is 8.95. The highest BCUT2D eigenvalue weighted by molar-refractivity contribution is 5.83. The number of carboxylic acids is 1. The van der Waals surface area contributed by atoms with Crippen molar-refractivity contribution in [1.82, 2.24) is 5.32 Å². The van der Waals surface area contributed by atoms with Gasteiger partial charge in [0.1, 0.15) is 6.04 Å². The summed E-state index contributed by atoms with van der Waals surface area (Å²) in [6.07, 6.45) is 5.14. The molecule has 84 valence electrons. The van der Waals surface area contributed by atoms with Gasteiger partial charge in [-0.3, -0.25) is 4.79 Å². The molecule has 2 bridgehead atoms. The lowest BCUT2D eigenvalue weighted by atomic mass is 9.77. The summed E-state index contributed by atoms with van der Waals surface area (Å²) in [5.41, 5.74) is -0.151. The second-order valence-corrected chi connectivity index (χ2v) is 4.98. The van der Waals surface area contributed by atoms with Crippen molar-refractivity contribution in [3.8, 4) is 0 Å². The smallest absolute Gasteiger partial charge is 0.326 e. The number of amides is 1. The van der Waals surface area contributed by atoms with Crippen molar-refractivity contribution in [2.45, 2.75) is 45.1 Å². The van der Waals surface area contributed by atoms with Gasteiger partial charge in [0.2, 0.25) is 5.91 Å². The molecule has 1 atom stereocenters. The summed E-state index contributed by atoms with van der Waals surface area (Å²) >= 11 is 0. The molecular weight excluding hydrogens is 194 g/mol. The van der Waals surface area contributed by atoms with Crippen molar-refractivity contribution in [3.63, 3.8) is 0 Å². The Balaban J connectivity index is 2.17. The van der Waals surface area contributed by atoms with E-state index in [1.165, 1.54) is 6.92 Å². The van der Waals surface area contributed by atoms with Crippen LogP contribution >= 0.6 is 0 Å². The molecule has 2 aliphatic rings. The van der Waals surface area contributed by atoms with E-state index in [1.807, 2.05) is 0 Å². The summed E-state index contributed by atoms with van der Waals surface area (Å²) in [5.74, 6) is -0.430. The highest BCUT2D eigenvalue weighted by Crippen LogP contribution is 2.55. The average molecular weight is 211 g/mol. The predicted molar refractivity (Wildman–Crippen MR) is 54.2 cm³/mol. The van der Waals surface area contributed by atoms with E-state index < -0.39 is 12.0 Å². The van der Waals surface area contributed by atoms with Crippen molar-refractivity contribution >= 4 is 11.9 Å². The number of hydrogen-bond acceptors (Lipinski definition) is 2. The molecule has 0 saturated heterocycles. The molecule has 2 aliphatic carbocycles. The topological polar surface area (TPSA) is 66.4 Å². The lowest BCUT2D eigenvalue weighted by molar-refractivity contribution is -0.145. The van der Waals surface area contributed by atoms with Gasteiger partial charge in [0.05, 0.1) is 0 Å². The fourth-order valence-corrected chi connectivity index (χ4v) is 3.32. The molecule has 15 heavy (non-hydrogen) atoms. The quantitative estimate of drug-likeness (QED) is 0.736. The van der Waals surface area contributed by atoms with Crippen LogP contribution in [0.15, 0.2) is 0 Å². The van der Waals surface area contributed by atoms with Gasteiger partial charge in [-0.2, -0.15) is 0 Å². The van der Waals surface area contributed by atoms with Gasteiger partial charge in [-0.15, -0.1) is 0 Å². The summed E-state index contributed by atoms with van der Waals surface area (Å²) in [6.45, 7) is 1.38. The molecular formula is C11H17NO3. The van der Waals surface area contributed by atoms with Crippen LogP contribution in [0.3, 0.4) is 0 Å². The van der Waals surface area contributed by atoms with Crippen molar-refractivity contribution in [1.29, 1.82) is 0 Å². The zero-order chi connectivity index (χ0) is 11.1. The van der Waals surface area contributed by atoms with Gasteiger partial charge in [-0.05, 0) is 38.0 Å². The SMILES string of the molecule is CC(=O)NC(C(=O)O)C12CCC(CC1)C2. The molecule has 0 aromatic carbocycles.